The summed E-state index contributed by atoms with van der Waals surface area (Å²) in [5.41, 5.74) is 2.65. The molecule has 2 N–H and O–H groups in total. The summed E-state index contributed by atoms with van der Waals surface area (Å²) >= 11 is 0. The number of amides is 1. The Morgan fingerprint density at radius 2 is 2.03 bits per heavy atom. The molecule has 0 spiro atoms. The maximum absolute atomic E-state index is 13.0. The average Bonchev–Trinajstić information content (AvgIpc) is 2.72. The minimum atomic E-state index is -4.69. The Labute approximate surface area is 170 Å². The Morgan fingerprint density at radius 3 is 2.73 bits per heavy atom. The molecule has 160 valence electrons. The average molecular weight is 423 g/mol. The monoisotopic (exact) mass is 423 g/mol. The molecule has 1 amide bonds. The minimum Gasteiger partial charge on any atom is -0.481 e. The molecular weight excluding hydrogens is 403 g/mol. The number of rotatable bonds is 3. The molecule has 0 saturated carbocycles. The second-order valence-electron chi connectivity index (χ2n) is 7.19. The third-order valence-electron chi connectivity index (χ3n) is 5.37. The molecule has 4 rings (SSSR count). The van der Waals surface area contributed by atoms with Crippen molar-refractivity contribution in [1.29, 1.82) is 0 Å². The molecule has 2 aromatic rings. The van der Waals surface area contributed by atoms with Crippen LogP contribution >= 0.6 is 0 Å². The molecule has 11 heteroatoms. The van der Waals surface area contributed by atoms with Crippen molar-refractivity contribution in [2.75, 3.05) is 38.6 Å². The van der Waals surface area contributed by atoms with Crippen LogP contribution in [0.15, 0.2) is 24.3 Å². The van der Waals surface area contributed by atoms with Crippen molar-refractivity contribution in [2.24, 2.45) is 0 Å². The fourth-order valence-corrected chi connectivity index (χ4v) is 3.91. The SMILES string of the molecule is COc1cc(Nc2ccc3c(c2)CCN2CCN(C(=O)O)C[C@@H]32)nc(C(F)(F)F)n1. The molecule has 0 bridgehead atoms. The zero-order chi connectivity index (χ0) is 21.5. The lowest BCUT2D eigenvalue weighted by Crippen LogP contribution is -2.52. The minimum absolute atomic E-state index is 0.0244. The summed E-state index contributed by atoms with van der Waals surface area (Å²) in [7, 11) is 1.24. The van der Waals surface area contributed by atoms with E-state index in [-0.39, 0.29) is 17.7 Å². The number of aromatic nitrogens is 2. The highest BCUT2D eigenvalue weighted by Crippen LogP contribution is 2.35. The van der Waals surface area contributed by atoms with Crippen molar-refractivity contribution in [1.82, 2.24) is 19.8 Å². The van der Waals surface area contributed by atoms with Crippen LogP contribution in [-0.4, -0.2) is 64.3 Å². The number of methoxy groups -OCH3 is 1. The van der Waals surface area contributed by atoms with E-state index in [4.69, 9.17) is 4.74 Å². The van der Waals surface area contributed by atoms with Crippen molar-refractivity contribution in [2.45, 2.75) is 18.6 Å². The molecule has 2 aliphatic rings. The number of halogens is 3. The molecule has 3 heterocycles. The van der Waals surface area contributed by atoms with Gasteiger partial charge in [0, 0.05) is 37.9 Å². The number of nitrogens with zero attached hydrogens (tertiary/aromatic N) is 4. The third-order valence-corrected chi connectivity index (χ3v) is 5.37. The van der Waals surface area contributed by atoms with Gasteiger partial charge >= 0.3 is 12.3 Å². The van der Waals surface area contributed by atoms with E-state index in [0.717, 1.165) is 24.1 Å². The molecule has 30 heavy (non-hydrogen) atoms. The van der Waals surface area contributed by atoms with Crippen LogP contribution in [-0.2, 0) is 12.6 Å². The number of hydrogen-bond acceptors (Lipinski definition) is 6. The number of alkyl halides is 3. The summed E-state index contributed by atoms with van der Waals surface area (Å²) in [4.78, 5) is 21.9. The quantitative estimate of drug-likeness (QED) is 0.784. The largest absolute Gasteiger partial charge is 0.481 e. The summed E-state index contributed by atoms with van der Waals surface area (Å²) < 4.78 is 44.0. The van der Waals surface area contributed by atoms with E-state index >= 15 is 0 Å². The fourth-order valence-electron chi connectivity index (χ4n) is 3.91. The molecule has 1 saturated heterocycles. The molecule has 2 aliphatic heterocycles. The Bertz CT molecular complexity index is 969. The molecular formula is C19H20F3N5O3. The number of ether oxygens (including phenoxy) is 1. The fraction of sp³-hybridized carbons (Fsp3) is 0.421. The van der Waals surface area contributed by atoms with Gasteiger partial charge in [0.25, 0.3) is 0 Å². The van der Waals surface area contributed by atoms with Gasteiger partial charge in [-0.3, -0.25) is 4.90 Å². The van der Waals surface area contributed by atoms with Crippen molar-refractivity contribution in [3.05, 3.63) is 41.2 Å². The standard InChI is InChI=1S/C19H20F3N5O3/c1-30-16-9-15(24-17(25-16)19(20,21)22)23-12-2-3-13-11(8-12)4-5-26-6-7-27(18(28)29)10-14(13)26/h2-3,8-9,14H,4-7,10H2,1H3,(H,28,29)(H,23,24,25)/t14-/m0/s1. The van der Waals surface area contributed by atoms with Gasteiger partial charge in [-0.2, -0.15) is 18.2 Å². The Balaban J connectivity index is 1.59. The summed E-state index contributed by atoms with van der Waals surface area (Å²) in [6, 6.07) is 6.78. The molecule has 1 fully saturated rings. The normalized spacial score (nSPS) is 19.1. The van der Waals surface area contributed by atoms with E-state index in [0.29, 0.717) is 25.3 Å². The van der Waals surface area contributed by atoms with Crippen LogP contribution in [0.4, 0.5) is 29.5 Å². The van der Waals surface area contributed by atoms with Crippen molar-refractivity contribution in [3.63, 3.8) is 0 Å². The van der Waals surface area contributed by atoms with E-state index in [9.17, 15) is 23.1 Å². The molecule has 0 unspecified atom stereocenters. The second-order valence-corrected chi connectivity index (χ2v) is 7.19. The van der Waals surface area contributed by atoms with Gasteiger partial charge in [0.15, 0.2) is 0 Å². The zero-order valence-corrected chi connectivity index (χ0v) is 16.1. The van der Waals surface area contributed by atoms with Crippen LogP contribution in [0, 0.1) is 0 Å². The highest BCUT2D eigenvalue weighted by atomic mass is 19.4. The van der Waals surface area contributed by atoms with Crippen molar-refractivity contribution in [3.8, 4) is 5.88 Å². The molecule has 1 atom stereocenters. The van der Waals surface area contributed by atoms with Crippen LogP contribution in [0.25, 0.3) is 0 Å². The lowest BCUT2D eigenvalue weighted by Gasteiger charge is -2.44. The topological polar surface area (TPSA) is 90.8 Å². The molecule has 8 nitrogen and oxygen atoms in total. The Kier molecular flexibility index (Phi) is 5.14. The van der Waals surface area contributed by atoms with E-state index in [2.05, 4.69) is 20.2 Å². The predicted octanol–water partition coefficient (Wildman–Crippen LogP) is 3.14. The van der Waals surface area contributed by atoms with Crippen molar-refractivity contribution >= 4 is 17.6 Å². The van der Waals surface area contributed by atoms with Gasteiger partial charge in [0.2, 0.25) is 11.7 Å². The smallest absolute Gasteiger partial charge is 0.451 e. The van der Waals surface area contributed by atoms with Gasteiger partial charge in [-0.15, -0.1) is 0 Å². The number of nitrogens with one attached hydrogen (secondary N) is 1. The Morgan fingerprint density at radius 1 is 1.23 bits per heavy atom. The number of anilines is 2. The number of carbonyl (C=O) groups is 1. The molecule has 0 aliphatic carbocycles. The molecule has 1 aromatic carbocycles. The maximum atomic E-state index is 13.0. The highest BCUT2D eigenvalue weighted by Gasteiger charge is 2.36. The first-order valence-electron chi connectivity index (χ1n) is 9.36. The lowest BCUT2D eigenvalue weighted by molar-refractivity contribution is -0.145. The van der Waals surface area contributed by atoms with E-state index < -0.39 is 18.1 Å². The Hall–Kier alpha value is -3.08. The summed E-state index contributed by atoms with van der Waals surface area (Å²) in [6.07, 6.45) is -4.85. The summed E-state index contributed by atoms with van der Waals surface area (Å²) in [5.74, 6) is -1.50. The zero-order valence-electron chi connectivity index (χ0n) is 16.1. The third kappa shape index (κ3) is 3.97. The van der Waals surface area contributed by atoms with Crippen LogP contribution in [0.5, 0.6) is 5.88 Å². The van der Waals surface area contributed by atoms with Crippen LogP contribution in [0.3, 0.4) is 0 Å². The summed E-state index contributed by atoms with van der Waals surface area (Å²) in [5, 5.41) is 12.2. The highest BCUT2D eigenvalue weighted by molar-refractivity contribution is 5.65. The van der Waals surface area contributed by atoms with Crippen LogP contribution in [0.2, 0.25) is 0 Å². The van der Waals surface area contributed by atoms with Gasteiger partial charge in [-0.1, -0.05) is 6.07 Å². The lowest BCUT2D eigenvalue weighted by atomic mass is 9.90. The van der Waals surface area contributed by atoms with Crippen LogP contribution < -0.4 is 10.1 Å². The van der Waals surface area contributed by atoms with Gasteiger partial charge in [0.05, 0.1) is 13.2 Å². The van der Waals surface area contributed by atoms with E-state index in [1.54, 1.807) is 6.07 Å². The number of carboxylic acid groups (broad SMARTS) is 1. The van der Waals surface area contributed by atoms with Gasteiger partial charge < -0.3 is 20.1 Å². The number of benzene rings is 1. The van der Waals surface area contributed by atoms with Gasteiger partial charge in [0.1, 0.15) is 5.82 Å². The van der Waals surface area contributed by atoms with Gasteiger partial charge in [-0.05, 0) is 29.7 Å². The number of hydrogen-bond donors (Lipinski definition) is 2. The van der Waals surface area contributed by atoms with Crippen LogP contribution in [0.1, 0.15) is 23.0 Å². The second kappa shape index (κ2) is 7.63. The number of fused-ring (bicyclic) bond motifs is 3. The van der Waals surface area contributed by atoms with E-state index in [1.165, 1.54) is 18.1 Å². The first-order chi connectivity index (χ1) is 14.2. The first-order valence-corrected chi connectivity index (χ1v) is 9.36. The predicted molar refractivity (Wildman–Crippen MR) is 101 cm³/mol. The van der Waals surface area contributed by atoms with Crippen molar-refractivity contribution < 1.29 is 27.8 Å². The first kappa shape index (κ1) is 20.2. The molecule has 0 radical (unpaired) electrons. The summed E-state index contributed by atoms with van der Waals surface area (Å²) in [6.45, 7) is 2.36. The number of piperazine rings is 1. The van der Waals surface area contributed by atoms with E-state index in [1.807, 2.05) is 12.1 Å². The van der Waals surface area contributed by atoms with Gasteiger partial charge in [-0.25, -0.2) is 9.78 Å². The maximum Gasteiger partial charge on any atom is 0.451 e. The molecule has 1 aromatic heterocycles.